The summed E-state index contributed by atoms with van der Waals surface area (Å²) in [6, 6.07) is 17.0. The number of halogens is 1. The van der Waals surface area contributed by atoms with E-state index in [2.05, 4.69) is 15.5 Å². The lowest BCUT2D eigenvalue weighted by atomic mass is 10.1. The van der Waals surface area contributed by atoms with E-state index in [1.807, 2.05) is 54.6 Å². The van der Waals surface area contributed by atoms with Gasteiger partial charge in [0.25, 0.3) is 0 Å². The quantitative estimate of drug-likeness (QED) is 0.743. The van der Waals surface area contributed by atoms with Crippen LogP contribution in [0.1, 0.15) is 17.9 Å². The molecule has 0 saturated carbocycles. The lowest BCUT2D eigenvalue weighted by Gasteiger charge is -2.03. The zero-order valence-electron chi connectivity index (χ0n) is 12.9. The van der Waals surface area contributed by atoms with Crippen molar-refractivity contribution >= 4 is 17.5 Å². The Kier molecular flexibility index (Phi) is 5.23. The highest BCUT2D eigenvalue weighted by Gasteiger charge is 2.09. The average Bonchev–Trinajstić information content (AvgIpc) is 3.09. The molecule has 0 aliphatic heterocycles. The molecule has 1 N–H and O–H groups in total. The van der Waals surface area contributed by atoms with Crippen molar-refractivity contribution in [2.24, 2.45) is 0 Å². The number of nitrogens with one attached hydrogen (secondary N) is 1. The van der Waals surface area contributed by atoms with E-state index < -0.39 is 0 Å². The number of carbonyl (C=O) groups excluding carboxylic acids is 1. The van der Waals surface area contributed by atoms with Gasteiger partial charge in [0.15, 0.2) is 0 Å². The summed E-state index contributed by atoms with van der Waals surface area (Å²) in [7, 11) is 0. The van der Waals surface area contributed by atoms with Crippen molar-refractivity contribution in [2.45, 2.75) is 19.4 Å². The monoisotopic (exact) mass is 341 g/mol. The summed E-state index contributed by atoms with van der Waals surface area (Å²) in [5, 5.41) is 7.39. The van der Waals surface area contributed by atoms with Gasteiger partial charge in [-0.3, -0.25) is 4.79 Å². The van der Waals surface area contributed by atoms with Gasteiger partial charge in [-0.1, -0.05) is 59.2 Å². The molecule has 24 heavy (non-hydrogen) atoms. The molecule has 5 nitrogen and oxygen atoms in total. The third-order valence-electron chi connectivity index (χ3n) is 3.49. The number of amides is 1. The van der Waals surface area contributed by atoms with Crippen molar-refractivity contribution in [3.63, 3.8) is 0 Å². The van der Waals surface area contributed by atoms with Crippen molar-refractivity contribution < 1.29 is 9.32 Å². The summed E-state index contributed by atoms with van der Waals surface area (Å²) in [5.41, 5.74) is 1.94. The lowest BCUT2D eigenvalue weighted by Crippen LogP contribution is -2.23. The first-order chi connectivity index (χ1) is 11.7. The largest absolute Gasteiger partial charge is 0.347 e. The Balaban J connectivity index is 1.48. The lowest BCUT2D eigenvalue weighted by molar-refractivity contribution is -0.121. The molecule has 0 saturated heterocycles. The van der Waals surface area contributed by atoms with Crippen LogP contribution < -0.4 is 5.32 Å². The van der Waals surface area contributed by atoms with Crippen LogP contribution in [0.15, 0.2) is 59.1 Å². The molecular weight excluding hydrogens is 326 g/mol. The van der Waals surface area contributed by atoms with E-state index in [1.54, 1.807) is 0 Å². The Morgan fingerprint density at radius 2 is 1.83 bits per heavy atom. The van der Waals surface area contributed by atoms with Gasteiger partial charge < -0.3 is 9.84 Å². The number of carbonyl (C=O) groups is 1. The van der Waals surface area contributed by atoms with E-state index in [9.17, 15) is 4.79 Å². The first kappa shape index (κ1) is 16.2. The first-order valence-corrected chi connectivity index (χ1v) is 7.97. The fourth-order valence-electron chi connectivity index (χ4n) is 2.20. The van der Waals surface area contributed by atoms with E-state index in [0.29, 0.717) is 29.6 Å². The molecule has 0 bridgehead atoms. The SMILES string of the molecule is O=C(CCc1ccc(Cl)cc1)NCc1nc(-c2ccccc2)no1. The van der Waals surface area contributed by atoms with Crippen LogP contribution in [0.2, 0.25) is 5.02 Å². The maximum atomic E-state index is 11.9. The first-order valence-electron chi connectivity index (χ1n) is 7.60. The number of rotatable bonds is 6. The van der Waals surface area contributed by atoms with Crippen molar-refractivity contribution in [3.05, 3.63) is 71.1 Å². The predicted octanol–water partition coefficient (Wildman–Crippen LogP) is 3.64. The van der Waals surface area contributed by atoms with Crippen LogP contribution in [0.5, 0.6) is 0 Å². The Hall–Kier alpha value is -2.66. The molecular formula is C18H16ClN3O2. The fraction of sp³-hybridized carbons (Fsp3) is 0.167. The highest BCUT2D eigenvalue weighted by atomic mass is 35.5. The van der Waals surface area contributed by atoms with Crippen LogP contribution in [-0.4, -0.2) is 16.0 Å². The number of benzene rings is 2. The Morgan fingerprint density at radius 1 is 1.08 bits per heavy atom. The van der Waals surface area contributed by atoms with Gasteiger partial charge in [-0.2, -0.15) is 4.98 Å². The molecule has 0 spiro atoms. The zero-order valence-corrected chi connectivity index (χ0v) is 13.7. The van der Waals surface area contributed by atoms with E-state index >= 15 is 0 Å². The molecule has 0 aliphatic carbocycles. The number of hydrogen-bond acceptors (Lipinski definition) is 4. The second-order valence-electron chi connectivity index (χ2n) is 5.28. The second-order valence-corrected chi connectivity index (χ2v) is 5.72. The minimum absolute atomic E-state index is 0.0654. The third kappa shape index (κ3) is 4.43. The van der Waals surface area contributed by atoms with Gasteiger partial charge in [0.2, 0.25) is 17.6 Å². The Bertz CT molecular complexity index is 801. The summed E-state index contributed by atoms with van der Waals surface area (Å²) in [6.45, 7) is 0.222. The minimum atomic E-state index is -0.0654. The number of aromatic nitrogens is 2. The van der Waals surface area contributed by atoms with Crippen LogP contribution in [0.3, 0.4) is 0 Å². The van der Waals surface area contributed by atoms with Crippen molar-refractivity contribution in [2.75, 3.05) is 0 Å². The van der Waals surface area contributed by atoms with Crippen molar-refractivity contribution in [1.82, 2.24) is 15.5 Å². The predicted molar refractivity (Wildman–Crippen MR) is 91.4 cm³/mol. The zero-order chi connectivity index (χ0) is 16.8. The molecule has 1 amide bonds. The Morgan fingerprint density at radius 3 is 2.58 bits per heavy atom. The minimum Gasteiger partial charge on any atom is -0.347 e. The van der Waals surface area contributed by atoms with Gasteiger partial charge in [-0.15, -0.1) is 0 Å². The molecule has 6 heteroatoms. The van der Waals surface area contributed by atoms with Crippen LogP contribution in [0, 0.1) is 0 Å². The van der Waals surface area contributed by atoms with Gasteiger partial charge in [0, 0.05) is 17.0 Å². The average molecular weight is 342 g/mol. The van der Waals surface area contributed by atoms with Gasteiger partial charge >= 0.3 is 0 Å². The molecule has 122 valence electrons. The second kappa shape index (κ2) is 7.75. The molecule has 0 radical (unpaired) electrons. The standard InChI is InChI=1S/C18H16ClN3O2/c19-15-9-6-13(7-10-15)8-11-16(23)20-12-17-21-18(22-24-17)14-4-2-1-3-5-14/h1-7,9-10H,8,11-12H2,(H,20,23). The van der Waals surface area contributed by atoms with Crippen LogP contribution in [0.4, 0.5) is 0 Å². The topological polar surface area (TPSA) is 68.0 Å². The molecule has 3 rings (SSSR count). The van der Waals surface area contributed by atoms with Crippen molar-refractivity contribution in [3.8, 4) is 11.4 Å². The Labute approximate surface area is 144 Å². The highest BCUT2D eigenvalue weighted by Crippen LogP contribution is 2.14. The van der Waals surface area contributed by atoms with Gasteiger partial charge in [0.05, 0.1) is 6.54 Å². The summed E-state index contributed by atoms with van der Waals surface area (Å²) in [5.74, 6) is 0.833. The van der Waals surface area contributed by atoms with E-state index in [0.717, 1.165) is 11.1 Å². The summed E-state index contributed by atoms with van der Waals surface area (Å²) in [4.78, 5) is 16.2. The van der Waals surface area contributed by atoms with Gasteiger partial charge in [0.1, 0.15) is 0 Å². The molecule has 1 heterocycles. The van der Waals surface area contributed by atoms with Crippen molar-refractivity contribution in [1.29, 1.82) is 0 Å². The fourth-order valence-corrected chi connectivity index (χ4v) is 2.33. The van der Waals surface area contributed by atoms with E-state index in [1.165, 1.54) is 0 Å². The summed E-state index contributed by atoms with van der Waals surface area (Å²) in [6.07, 6.45) is 1.05. The van der Waals surface area contributed by atoms with E-state index in [4.69, 9.17) is 16.1 Å². The molecule has 0 fully saturated rings. The molecule has 0 atom stereocenters. The molecule has 3 aromatic rings. The number of hydrogen-bond donors (Lipinski definition) is 1. The van der Waals surface area contributed by atoms with Gasteiger partial charge in [-0.25, -0.2) is 0 Å². The van der Waals surface area contributed by atoms with Crippen LogP contribution >= 0.6 is 11.6 Å². The molecule has 0 aliphatic rings. The van der Waals surface area contributed by atoms with Crippen LogP contribution in [0.25, 0.3) is 11.4 Å². The highest BCUT2D eigenvalue weighted by molar-refractivity contribution is 6.30. The molecule has 0 unspecified atom stereocenters. The van der Waals surface area contributed by atoms with E-state index in [-0.39, 0.29) is 12.5 Å². The maximum Gasteiger partial charge on any atom is 0.246 e. The molecule has 2 aromatic carbocycles. The number of nitrogens with zero attached hydrogens (tertiary/aromatic N) is 2. The smallest absolute Gasteiger partial charge is 0.246 e. The number of aryl methyl sites for hydroxylation is 1. The van der Waals surface area contributed by atoms with Crippen LogP contribution in [-0.2, 0) is 17.8 Å². The normalized spacial score (nSPS) is 10.5. The van der Waals surface area contributed by atoms with Gasteiger partial charge in [-0.05, 0) is 24.1 Å². The summed E-state index contributed by atoms with van der Waals surface area (Å²) < 4.78 is 5.15. The molecule has 1 aromatic heterocycles. The maximum absolute atomic E-state index is 11.9. The third-order valence-corrected chi connectivity index (χ3v) is 3.74. The summed E-state index contributed by atoms with van der Waals surface area (Å²) >= 11 is 5.84.